The summed E-state index contributed by atoms with van der Waals surface area (Å²) in [6.45, 7) is 6.18. The van der Waals surface area contributed by atoms with Crippen molar-refractivity contribution in [3.05, 3.63) is 0 Å². The first-order valence-corrected chi connectivity index (χ1v) is 5.79. The molecule has 1 aliphatic heterocycles. The van der Waals surface area contributed by atoms with E-state index in [0.717, 1.165) is 13.1 Å². The number of amides is 1. The lowest BCUT2D eigenvalue weighted by Crippen LogP contribution is -2.35. The Morgan fingerprint density at radius 3 is 2.75 bits per heavy atom. The SMILES string of the molecule is CCOC(=O)CCNC(=O)[C@@H]1CNC[C@H]1C. The van der Waals surface area contributed by atoms with Gasteiger partial charge in [-0.3, -0.25) is 9.59 Å². The molecule has 0 saturated carbocycles. The minimum atomic E-state index is -0.264. The number of hydrogen-bond donors (Lipinski definition) is 2. The lowest BCUT2D eigenvalue weighted by molar-refractivity contribution is -0.143. The minimum absolute atomic E-state index is 0.0294. The summed E-state index contributed by atoms with van der Waals surface area (Å²) < 4.78 is 4.77. The number of nitrogens with one attached hydrogen (secondary N) is 2. The van der Waals surface area contributed by atoms with Gasteiger partial charge in [-0.05, 0) is 19.4 Å². The van der Waals surface area contributed by atoms with E-state index >= 15 is 0 Å². The van der Waals surface area contributed by atoms with Gasteiger partial charge in [0.1, 0.15) is 0 Å². The van der Waals surface area contributed by atoms with Gasteiger partial charge in [-0.1, -0.05) is 6.92 Å². The van der Waals surface area contributed by atoms with Crippen LogP contribution in [0.5, 0.6) is 0 Å². The predicted molar refractivity (Wildman–Crippen MR) is 59.8 cm³/mol. The average molecular weight is 228 g/mol. The zero-order valence-corrected chi connectivity index (χ0v) is 9.91. The molecule has 2 atom stereocenters. The number of ether oxygens (including phenoxy) is 1. The molecule has 0 spiro atoms. The van der Waals surface area contributed by atoms with E-state index in [9.17, 15) is 9.59 Å². The molecule has 16 heavy (non-hydrogen) atoms. The molecule has 2 N–H and O–H groups in total. The summed E-state index contributed by atoms with van der Waals surface area (Å²) in [6.07, 6.45) is 0.244. The molecule has 0 bridgehead atoms. The van der Waals surface area contributed by atoms with Crippen molar-refractivity contribution in [3.8, 4) is 0 Å². The Hall–Kier alpha value is -1.10. The number of esters is 1. The molecule has 1 heterocycles. The maximum Gasteiger partial charge on any atom is 0.307 e. The van der Waals surface area contributed by atoms with Crippen LogP contribution in [0.25, 0.3) is 0 Å². The smallest absolute Gasteiger partial charge is 0.307 e. The summed E-state index contributed by atoms with van der Waals surface area (Å²) in [4.78, 5) is 22.7. The second kappa shape index (κ2) is 6.48. The standard InChI is InChI=1S/C11H20N2O3/c1-3-16-10(14)4-5-13-11(15)9-7-12-6-8(9)2/h8-9,12H,3-7H2,1-2H3,(H,13,15)/t8-,9-/m1/s1. The third-order valence-corrected chi connectivity index (χ3v) is 2.79. The van der Waals surface area contributed by atoms with Crippen LogP contribution >= 0.6 is 0 Å². The van der Waals surface area contributed by atoms with Gasteiger partial charge in [0, 0.05) is 13.1 Å². The molecule has 1 rings (SSSR count). The first-order chi connectivity index (χ1) is 7.65. The lowest BCUT2D eigenvalue weighted by Gasteiger charge is -2.13. The normalized spacial score (nSPS) is 24.1. The highest BCUT2D eigenvalue weighted by Crippen LogP contribution is 2.15. The molecule has 92 valence electrons. The van der Waals surface area contributed by atoms with Crippen LogP contribution in [0.3, 0.4) is 0 Å². The van der Waals surface area contributed by atoms with Crippen LogP contribution in [0.15, 0.2) is 0 Å². The molecular formula is C11H20N2O3. The van der Waals surface area contributed by atoms with Crippen molar-refractivity contribution in [2.45, 2.75) is 20.3 Å². The van der Waals surface area contributed by atoms with Crippen LogP contribution < -0.4 is 10.6 Å². The van der Waals surface area contributed by atoms with E-state index in [2.05, 4.69) is 17.6 Å². The van der Waals surface area contributed by atoms with Crippen LogP contribution in [-0.4, -0.2) is 38.1 Å². The quantitative estimate of drug-likeness (QED) is 0.645. The summed E-state index contributed by atoms with van der Waals surface area (Å²) in [6, 6.07) is 0. The highest BCUT2D eigenvalue weighted by atomic mass is 16.5. The second-order valence-electron chi connectivity index (χ2n) is 4.09. The molecule has 0 unspecified atom stereocenters. The molecular weight excluding hydrogens is 208 g/mol. The topological polar surface area (TPSA) is 67.4 Å². The third-order valence-electron chi connectivity index (χ3n) is 2.79. The Morgan fingerprint density at radius 2 is 2.19 bits per heavy atom. The fourth-order valence-corrected chi connectivity index (χ4v) is 1.81. The van der Waals surface area contributed by atoms with Crippen molar-refractivity contribution < 1.29 is 14.3 Å². The van der Waals surface area contributed by atoms with Gasteiger partial charge in [0.25, 0.3) is 0 Å². The predicted octanol–water partition coefficient (Wildman–Crippen LogP) is -0.0887. The largest absolute Gasteiger partial charge is 0.466 e. The van der Waals surface area contributed by atoms with Gasteiger partial charge >= 0.3 is 5.97 Å². The second-order valence-corrected chi connectivity index (χ2v) is 4.09. The zero-order chi connectivity index (χ0) is 12.0. The lowest BCUT2D eigenvalue weighted by atomic mass is 9.97. The number of carbonyl (C=O) groups is 2. The van der Waals surface area contributed by atoms with Crippen LogP contribution in [0.1, 0.15) is 20.3 Å². The molecule has 1 aliphatic rings. The molecule has 0 radical (unpaired) electrons. The Labute approximate surface area is 95.9 Å². The highest BCUT2D eigenvalue weighted by molar-refractivity contribution is 5.80. The van der Waals surface area contributed by atoms with Gasteiger partial charge in [-0.2, -0.15) is 0 Å². The minimum Gasteiger partial charge on any atom is -0.466 e. The summed E-state index contributed by atoms with van der Waals surface area (Å²) in [5.41, 5.74) is 0. The molecule has 0 aromatic carbocycles. The van der Waals surface area contributed by atoms with Crippen molar-refractivity contribution in [1.82, 2.24) is 10.6 Å². The van der Waals surface area contributed by atoms with Gasteiger partial charge in [-0.25, -0.2) is 0 Å². The van der Waals surface area contributed by atoms with E-state index in [0.29, 0.717) is 19.1 Å². The molecule has 5 heteroatoms. The Balaban J connectivity index is 2.17. The third kappa shape index (κ3) is 3.81. The number of rotatable bonds is 5. The Morgan fingerprint density at radius 1 is 1.44 bits per heavy atom. The molecule has 1 amide bonds. The fraction of sp³-hybridized carbons (Fsp3) is 0.818. The molecule has 5 nitrogen and oxygen atoms in total. The van der Waals surface area contributed by atoms with Crippen molar-refractivity contribution in [3.63, 3.8) is 0 Å². The van der Waals surface area contributed by atoms with Gasteiger partial charge < -0.3 is 15.4 Å². The van der Waals surface area contributed by atoms with Crippen LogP contribution in [0.4, 0.5) is 0 Å². The highest BCUT2D eigenvalue weighted by Gasteiger charge is 2.29. The first-order valence-electron chi connectivity index (χ1n) is 5.79. The van der Waals surface area contributed by atoms with E-state index < -0.39 is 0 Å². The fourth-order valence-electron chi connectivity index (χ4n) is 1.81. The number of carbonyl (C=O) groups excluding carboxylic acids is 2. The first kappa shape index (κ1) is 13.0. The summed E-state index contributed by atoms with van der Waals surface area (Å²) in [7, 11) is 0. The van der Waals surface area contributed by atoms with E-state index in [-0.39, 0.29) is 24.2 Å². The molecule has 1 fully saturated rings. The van der Waals surface area contributed by atoms with E-state index in [4.69, 9.17) is 4.74 Å². The summed E-state index contributed by atoms with van der Waals surface area (Å²) in [5, 5.41) is 5.93. The van der Waals surface area contributed by atoms with Crippen molar-refractivity contribution in [1.29, 1.82) is 0 Å². The van der Waals surface area contributed by atoms with Crippen molar-refractivity contribution in [2.24, 2.45) is 11.8 Å². The molecule has 1 saturated heterocycles. The van der Waals surface area contributed by atoms with Gasteiger partial charge in [0.2, 0.25) is 5.91 Å². The Bertz CT molecular complexity index is 256. The monoisotopic (exact) mass is 228 g/mol. The van der Waals surface area contributed by atoms with Crippen LogP contribution in [0.2, 0.25) is 0 Å². The maximum atomic E-state index is 11.7. The maximum absolute atomic E-state index is 11.7. The summed E-state index contributed by atoms with van der Waals surface area (Å²) >= 11 is 0. The van der Waals surface area contributed by atoms with Gasteiger partial charge in [0.15, 0.2) is 0 Å². The molecule has 0 aliphatic carbocycles. The van der Waals surface area contributed by atoms with Crippen LogP contribution in [-0.2, 0) is 14.3 Å². The van der Waals surface area contributed by atoms with Gasteiger partial charge in [-0.15, -0.1) is 0 Å². The van der Waals surface area contributed by atoms with Crippen molar-refractivity contribution >= 4 is 11.9 Å². The van der Waals surface area contributed by atoms with Crippen molar-refractivity contribution in [2.75, 3.05) is 26.2 Å². The average Bonchev–Trinajstić information content (AvgIpc) is 2.64. The van der Waals surface area contributed by atoms with E-state index in [1.807, 2.05) is 0 Å². The van der Waals surface area contributed by atoms with Crippen LogP contribution in [0, 0.1) is 11.8 Å². The molecule has 0 aromatic rings. The van der Waals surface area contributed by atoms with E-state index in [1.165, 1.54) is 0 Å². The van der Waals surface area contributed by atoms with Gasteiger partial charge in [0.05, 0.1) is 18.9 Å². The molecule has 0 aromatic heterocycles. The summed E-state index contributed by atoms with van der Waals surface area (Å²) in [5.74, 6) is 0.159. The zero-order valence-electron chi connectivity index (χ0n) is 9.91. The van der Waals surface area contributed by atoms with E-state index in [1.54, 1.807) is 6.92 Å². The Kier molecular flexibility index (Phi) is 5.25. The number of hydrogen-bond acceptors (Lipinski definition) is 4.